The van der Waals surface area contributed by atoms with Gasteiger partial charge in [-0.1, -0.05) is 33.1 Å². The Morgan fingerprint density at radius 3 is 1.55 bits per heavy atom. The standard InChI is InChI=1S/C8H18O.2C5H5.Zr/c1-3-5-6-8(4-2)7-9;2*1-2-4-5-3-1;/h8-9H,3-7H2,1-2H3;2*1-5H;/q;2*-1;+2. The van der Waals surface area contributed by atoms with Crippen LogP contribution in [0.15, 0.2) is 60.7 Å². The van der Waals surface area contributed by atoms with Crippen LogP contribution in [-0.4, -0.2) is 11.7 Å². The summed E-state index contributed by atoms with van der Waals surface area (Å²) in [7, 11) is 0. The van der Waals surface area contributed by atoms with Gasteiger partial charge in [0.2, 0.25) is 0 Å². The summed E-state index contributed by atoms with van der Waals surface area (Å²) < 4.78 is 0. The first-order valence-corrected chi connectivity index (χ1v) is 7.29. The summed E-state index contributed by atoms with van der Waals surface area (Å²) in [6, 6.07) is 20.0. The largest absolute Gasteiger partial charge is 2.00 e. The summed E-state index contributed by atoms with van der Waals surface area (Å²) >= 11 is 0. The molecule has 2 aromatic rings. The van der Waals surface area contributed by atoms with E-state index in [1.807, 2.05) is 60.7 Å². The number of hydrogen-bond acceptors (Lipinski definition) is 1. The number of aliphatic hydroxyl groups is 1. The second kappa shape index (κ2) is 18.5. The van der Waals surface area contributed by atoms with E-state index in [-0.39, 0.29) is 26.2 Å². The third kappa shape index (κ3) is 15.6. The molecule has 2 aromatic carbocycles. The molecule has 20 heavy (non-hydrogen) atoms. The van der Waals surface area contributed by atoms with E-state index in [1.165, 1.54) is 19.3 Å². The maximum absolute atomic E-state index is 8.75. The van der Waals surface area contributed by atoms with Crippen LogP contribution in [0, 0.1) is 5.92 Å². The zero-order chi connectivity index (χ0) is 14.2. The number of aliphatic hydroxyl groups excluding tert-OH is 1. The van der Waals surface area contributed by atoms with Crippen LogP contribution in [0.2, 0.25) is 0 Å². The maximum atomic E-state index is 8.75. The molecule has 1 unspecified atom stereocenters. The third-order valence-electron chi connectivity index (χ3n) is 2.91. The van der Waals surface area contributed by atoms with E-state index in [9.17, 15) is 0 Å². The molecule has 0 heterocycles. The molecule has 2 rings (SSSR count). The quantitative estimate of drug-likeness (QED) is 0.751. The van der Waals surface area contributed by atoms with Crippen molar-refractivity contribution in [1.82, 2.24) is 0 Å². The molecule has 1 atom stereocenters. The van der Waals surface area contributed by atoms with Gasteiger partial charge in [-0.3, -0.25) is 0 Å². The second-order valence-corrected chi connectivity index (χ2v) is 4.52. The predicted molar refractivity (Wildman–Crippen MR) is 84.5 cm³/mol. The molecule has 0 bridgehead atoms. The van der Waals surface area contributed by atoms with Crippen molar-refractivity contribution in [3.05, 3.63) is 60.7 Å². The summed E-state index contributed by atoms with van der Waals surface area (Å²) in [6.45, 7) is 4.69. The molecule has 0 amide bonds. The SMILES string of the molecule is CCCCC(CC)CO.[Zr+2].c1cc[cH-]c1.c1cc[cH-]c1. The summed E-state index contributed by atoms with van der Waals surface area (Å²) in [6.07, 6.45) is 4.83. The molecule has 1 N–H and O–H groups in total. The molecule has 0 aliphatic carbocycles. The summed E-state index contributed by atoms with van der Waals surface area (Å²) in [4.78, 5) is 0. The minimum atomic E-state index is 0. The van der Waals surface area contributed by atoms with Crippen LogP contribution in [0.4, 0.5) is 0 Å². The van der Waals surface area contributed by atoms with Crippen molar-refractivity contribution >= 4 is 0 Å². The molecule has 0 radical (unpaired) electrons. The Morgan fingerprint density at radius 2 is 1.35 bits per heavy atom. The molecule has 0 aromatic heterocycles. The summed E-state index contributed by atoms with van der Waals surface area (Å²) in [5, 5.41) is 8.75. The van der Waals surface area contributed by atoms with Crippen molar-refractivity contribution in [2.75, 3.05) is 6.61 Å². The zero-order valence-electron chi connectivity index (χ0n) is 12.8. The van der Waals surface area contributed by atoms with Crippen molar-refractivity contribution in [3.8, 4) is 0 Å². The molecule has 0 aliphatic heterocycles. The summed E-state index contributed by atoms with van der Waals surface area (Å²) in [5.41, 5.74) is 0. The van der Waals surface area contributed by atoms with E-state index >= 15 is 0 Å². The fourth-order valence-corrected chi connectivity index (χ4v) is 1.56. The molecule has 0 saturated carbocycles. The van der Waals surface area contributed by atoms with Crippen LogP contribution in [-0.2, 0) is 26.2 Å². The Morgan fingerprint density at radius 1 is 0.900 bits per heavy atom. The van der Waals surface area contributed by atoms with E-state index < -0.39 is 0 Å². The molecule has 0 saturated heterocycles. The third-order valence-corrected chi connectivity index (χ3v) is 2.91. The van der Waals surface area contributed by atoms with Crippen LogP contribution in [0.1, 0.15) is 39.5 Å². The molecule has 0 aliphatic rings. The van der Waals surface area contributed by atoms with Gasteiger partial charge in [-0.15, -0.1) is 0 Å². The van der Waals surface area contributed by atoms with Gasteiger partial charge in [0, 0.05) is 6.61 Å². The van der Waals surface area contributed by atoms with E-state index in [0.29, 0.717) is 12.5 Å². The first kappa shape index (κ1) is 21.8. The van der Waals surface area contributed by atoms with E-state index in [2.05, 4.69) is 13.8 Å². The average molecular weight is 352 g/mol. The van der Waals surface area contributed by atoms with E-state index in [0.717, 1.165) is 6.42 Å². The monoisotopic (exact) mass is 350 g/mol. The van der Waals surface area contributed by atoms with Gasteiger partial charge in [-0.2, -0.15) is 36.4 Å². The van der Waals surface area contributed by atoms with E-state index in [1.54, 1.807) is 0 Å². The minimum Gasteiger partial charge on any atom is -0.396 e. The van der Waals surface area contributed by atoms with Crippen molar-refractivity contribution in [2.24, 2.45) is 5.92 Å². The van der Waals surface area contributed by atoms with Crippen LogP contribution < -0.4 is 0 Å². The van der Waals surface area contributed by atoms with Gasteiger partial charge >= 0.3 is 26.2 Å². The van der Waals surface area contributed by atoms with Crippen molar-refractivity contribution in [3.63, 3.8) is 0 Å². The van der Waals surface area contributed by atoms with Crippen molar-refractivity contribution < 1.29 is 31.3 Å². The van der Waals surface area contributed by atoms with E-state index in [4.69, 9.17) is 5.11 Å². The van der Waals surface area contributed by atoms with Gasteiger partial charge < -0.3 is 5.11 Å². The number of unbranched alkanes of at least 4 members (excludes halogenated alkanes) is 1. The Balaban J connectivity index is 0. The Hall–Kier alpha value is -0.457. The normalized spacial score (nSPS) is 10.2. The molecule has 110 valence electrons. The van der Waals surface area contributed by atoms with Crippen LogP contribution in [0.25, 0.3) is 0 Å². The Labute approximate surface area is 143 Å². The first-order valence-electron chi connectivity index (χ1n) is 7.29. The van der Waals surface area contributed by atoms with Gasteiger partial charge in [0.25, 0.3) is 0 Å². The van der Waals surface area contributed by atoms with Crippen LogP contribution >= 0.6 is 0 Å². The van der Waals surface area contributed by atoms with Crippen LogP contribution in [0.3, 0.4) is 0 Å². The minimum absolute atomic E-state index is 0. The Bertz CT molecular complexity index is 248. The van der Waals surface area contributed by atoms with Crippen molar-refractivity contribution in [2.45, 2.75) is 39.5 Å². The number of rotatable bonds is 5. The topological polar surface area (TPSA) is 20.2 Å². The fraction of sp³-hybridized carbons (Fsp3) is 0.444. The number of hydrogen-bond donors (Lipinski definition) is 1. The molecular weight excluding hydrogens is 323 g/mol. The van der Waals surface area contributed by atoms with Gasteiger partial charge in [0.15, 0.2) is 0 Å². The Kier molecular flexibility index (Phi) is 20.2. The van der Waals surface area contributed by atoms with Crippen LogP contribution in [0.5, 0.6) is 0 Å². The molecule has 1 nitrogen and oxygen atoms in total. The maximum Gasteiger partial charge on any atom is 2.00 e. The summed E-state index contributed by atoms with van der Waals surface area (Å²) in [5.74, 6) is 0.560. The fourth-order valence-electron chi connectivity index (χ4n) is 1.56. The van der Waals surface area contributed by atoms with Crippen molar-refractivity contribution in [1.29, 1.82) is 0 Å². The average Bonchev–Trinajstić information content (AvgIpc) is 3.18. The zero-order valence-corrected chi connectivity index (χ0v) is 15.3. The predicted octanol–water partition coefficient (Wildman–Crippen LogP) is 5.00. The first-order chi connectivity index (χ1) is 9.35. The molecular formula is C18H28OZr. The van der Waals surface area contributed by atoms with Gasteiger partial charge in [0.05, 0.1) is 0 Å². The second-order valence-electron chi connectivity index (χ2n) is 4.52. The molecule has 2 heteroatoms. The molecule has 0 spiro atoms. The van der Waals surface area contributed by atoms with Gasteiger partial charge in [-0.05, 0) is 12.3 Å². The molecule has 0 fully saturated rings. The smallest absolute Gasteiger partial charge is 0.396 e. The van der Waals surface area contributed by atoms with Gasteiger partial charge in [-0.25, -0.2) is 24.3 Å². The van der Waals surface area contributed by atoms with Gasteiger partial charge in [0.1, 0.15) is 0 Å².